The standard InChI is InChI=1S/C22H21N7O2S/c1-15-11-16(2)29(28-15)20(30)14-32-22-24-21(26-27-22)25-23-13-17-7-6-10-19(12-17)31-18-8-4-3-5-9-18/h3-13H,14H2,1-2H3,(H2,24,25,26,27)/b23-13-. The number of nitrogens with zero attached hydrogens (tertiary/aromatic N) is 5. The predicted octanol–water partition coefficient (Wildman–Crippen LogP) is 4.29. The molecule has 32 heavy (non-hydrogen) atoms. The Morgan fingerprint density at radius 1 is 1.16 bits per heavy atom. The van der Waals surface area contributed by atoms with Crippen LogP contribution in [-0.4, -0.2) is 42.8 Å². The van der Waals surface area contributed by atoms with Crippen LogP contribution in [-0.2, 0) is 0 Å². The van der Waals surface area contributed by atoms with E-state index in [0.29, 0.717) is 16.9 Å². The molecule has 4 rings (SSSR count). The van der Waals surface area contributed by atoms with Gasteiger partial charge in [0.05, 0.1) is 17.7 Å². The van der Waals surface area contributed by atoms with E-state index in [4.69, 9.17) is 4.74 Å². The lowest BCUT2D eigenvalue weighted by molar-refractivity contribution is 0.0924. The molecule has 0 aliphatic carbocycles. The molecule has 2 aromatic carbocycles. The smallest absolute Gasteiger partial charge is 0.257 e. The summed E-state index contributed by atoms with van der Waals surface area (Å²) in [5, 5.41) is 15.6. The molecule has 2 aromatic heterocycles. The predicted molar refractivity (Wildman–Crippen MR) is 124 cm³/mol. The van der Waals surface area contributed by atoms with Crippen molar-refractivity contribution in [2.75, 3.05) is 11.2 Å². The molecule has 162 valence electrons. The second kappa shape index (κ2) is 9.92. The van der Waals surface area contributed by atoms with Crippen LogP contribution in [0, 0.1) is 13.8 Å². The first-order chi connectivity index (χ1) is 15.6. The number of thioether (sulfide) groups is 1. The summed E-state index contributed by atoms with van der Waals surface area (Å²) in [5.41, 5.74) is 5.26. The molecule has 9 nitrogen and oxygen atoms in total. The van der Waals surface area contributed by atoms with Gasteiger partial charge in [-0.15, -0.1) is 5.10 Å². The molecule has 0 unspecified atom stereocenters. The van der Waals surface area contributed by atoms with Gasteiger partial charge >= 0.3 is 0 Å². The van der Waals surface area contributed by atoms with Crippen LogP contribution in [0.15, 0.2) is 70.9 Å². The number of anilines is 1. The van der Waals surface area contributed by atoms with Crippen LogP contribution >= 0.6 is 11.8 Å². The van der Waals surface area contributed by atoms with Crippen LogP contribution in [0.5, 0.6) is 11.5 Å². The SMILES string of the molecule is Cc1cc(C)n(C(=O)CSc2n[nH]c(N/N=C\c3cccc(Oc4ccccc4)c3)n2)n1. The van der Waals surface area contributed by atoms with Crippen molar-refractivity contribution < 1.29 is 9.53 Å². The number of carbonyl (C=O) groups excluding carboxylic acids is 1. The molecule has 0 bridgehead atoms. The molecular weight excluding hydrogens is 426 g/mol. The molecule has 0 saturated carbocycles. The molecule has 0 spiro atoms. The fourth-order valence-electron chi connectivity index (χ4n) is 2.88. The minimum Gasteiger partial charge on any atom is -0.457 e. The Bertz CT molecular complexity index is 1230. The van der Waals surface area contributed by atoms with E-state index in [2.05, 4.69) is 30.8 Å². The number of rotatable bonds is 8. The molecular formula is C22H21N7O2S. The quantitative estimate of drug-likeness (QED) is 0.235. The van der Waals surface area contributed by atoms with Crippen LogP contribution in [0.4, 0.5) is 5.95 Å². The molecule has 4 aromatic rings. The Morgan fingerprint density at radius 3 is 2.75 bits per heavy atom. The van der Waals surface area contributed by atoms with Crippen molar-refractivity contribution in [3.8, 4) is 11.5 Å². The zero-order valence-corrected chi connectivity index (χ0v) is 18.3. The maximum atomic E-state index is 12.3. The molecule has 10 heteroatoms. The highest BCUT2D eigenvalue weighted by atomic mass is 32.2. The highest BCUT2D eigenvalue weighted by molar-refractivity contribution is 7.99. The summed E-state index contributed by atoms with van der Waals surface area (Å²) < 4.78 is 7.22. The van der Waals surface area contributed by atoms with Crippen molar-refractivity contribution in [3.05, 3.63) is 77.6 Å². The fourth-order valence-corrected chi connectivity index (χ4v) is 3.52. The summed E-state index contributed by atoms with van der Waals surface area (Å²) in [4.78, 5) is 16.6. The van der Waals surface area contributed by atoms with E-state index in [1.54, 1.807) is 6.21 Å². The van der Waals surface area contributed by atoms with E-state index < -0.39 is 0 Å². The van der Waals surface area contributed by atoms with E-state index in [9.17, 15) is 4.79 Å². The maximum Gasteiger partial charge on any atom is 0.257 e. The fraction of sp³-hybridized carbons (Fsp3) is 0.136. The summed E-state index contributed by atoms with van der Waals surface area (Å²) in [5.74, 6) is 1.90. The lowest BCUT2D eigenvalue weighted by Gasteiger charge is -2.05. The van der Waals surface area contributed by atoms with E-state index in [-0.39, 0.29) is 11.7 Å². The second-order valence-electron chi connectivity index (χ2n) is 6.85. The zero-order valence-electron chi connectivity index (χ0n) is 17.5. The van der Waals surface area contributed by atoms with Gasteiger partial charge in [0.2, 0.25) is 11.1 Å². The normalized spacial score (nSPS) is 11.1. The largest absolute Gasteiger partial charge is 0.457 e. The lowest BCUT2D eigenvalue weighted by Crippen LogP contribution is -2.16. The van der Waals surface area contributed by atoms with Gasteiger partial charge in [-0.05, 0) is 49.7 Å². The summed E-state index contributed by atoms with van der Waals surface area (Å²) in [7, 11) is 0. The maximum absolute atomic E-state index is 12.3. The van der Waals surface area contributed by atoms with Crippen LogP contribution in [0.2, 0.25) is 0 Å². The van der Waals surface area contributed by atoms with Gasteiger partial charge in [0, 0.05) is 5.69 Å². The summed E-state index contributed by atoms with van der Waals surface area (Å²) in [6.07, 6.45) is 1.65. The van der Waals surface area contributed by atoms with Crippen LogP contribution in [0.3, 0.4) is 0 Å². The Labute approximate surface area is 188 Å². The molecule has 2 N–H and O–H groups in total. The molecule has 2 heterocycles. The number of hydrazone groups is 1. The number of aromatic amines is 1. The van der Waals surface area contributed by atoms with Gasteiger partial charge in [-0.25, -0.2) is 15.2 Å². The number of nitrogens with one attached hydrogen (secondary N) is 2. The Kier molecular flexibility index (Phi) is 6.61. The first kappa shape index (κ1) is 21.3. The summed E-state index contributed by atoms with van der Waals surface area (Å²) >= 11 is 1.22. The molecule has 0 aliphatic rings. The van der Waals surface area contributed by atoms with Crippen molar-refractivity contribution in [3.63, 3.8) is 0 Å². The van der Waals surface area contributed by atoms with Gasteiger partial charge in [0.15, 0.2) is 0 Å². The van der Waals surface area contributed by atoms with Crippen molar-refractivity contribution in [1.82, 2.24) is 25.0 Å². The van der Waals surface area contributed by atoms with Crippen LogP contribution in [0.1, 0.15) is 21.7 Å². The number of aromatic nitrogens is 5. The second-order valence-corrected chi connectivity index (χ2v) is 7.79. The van der Waals surface area contributed by atoms with E-state index in [1.165, 1.54) is 16.4 Å². The third kappa shape index (κ3) is 5.61. The molecule has 0 aliphatic heterocycles. The van der Waals surface area contributed by atoms with Crippen molar-refractivity contribution in [1.29, 1.82) is 0 Å². The molecule has 0 radical (unpaired) electrons. The number of hydrogen-bond donors (Lipinski definition) is 2. The third-order valence-corrected chi connectivity index (χ3v) is 5.09. The zero-order chi connectivity index (χ0) is 22.3. The minimum atomic E-state index is -0.129. The Balaban J connectivity index is 1.30. The number of para-hydroxylation sites is 1. The van der Waals surface area contributed by atoms with E-state index in [0.717, 1.165) is 22.7 Å². The van der Waals surface area contributed by atoms with Gasteiger partial charge in [-0.3, -0.25) is 4.79 Å². The number of H-pyrrole nitrogens is 1. The average molecular weight is 448 g/mol. The van der Waals surface area contributed by atoms with Crippen LogP contribution < -0.4 is 10.2 Å². The summed E-state index contributed by atoms with van der Waals surface area (Å²) in [6, 6.07) is 19.0. The molecule has 0 atom stereocenters. The first-order valence-electron chi connectivity index (χ1n) is 9.80. The first-order valence-corrected chi connectivity index (χ1v) is 10.8. The Morgan fingerprint density at radius 2 is 1.97 bits per heavy atom. The Hall–Kier alpha value is -3.92. The van der Waals surface area contributed by atoms with Gasteiger partial charge in [0.25, 0.3) is 5.91 Å². The highest BCUT2D eigenvalue weighted by Crippen LogP contribution is 2.21. The number of hydrogen-bond acceptors (Lipinski definition) is 8. The number of benzene rings is 2. The van der Waals surface area contributed by atoms with Crippen molar-refractivity contribution in [2.45, 2.75) is 19.0 Å². The van der Waals surface area contributed by atoms with Gasteiger partial charge in [-0.2, -0.15) is 15.2 Å². The highest BCUT2D eigenvalue weighted by Gasteiger charge is 2.12. The average Bonchev–Trinajstić information content (AvgIpc) is 3.38. The minimum absolute atomic E-state index is 0.129. The van der Waals surface area contributed by atoms with Crippen molar-refractivity contribution >= 4 is 29.8 Å². The monoisotopic (exact) mass is 447 g/mol. The van der Waals surface area contributed by atoms with Crippen LogP contribution in [0.25, 0.3) is 0 Å². The number of carbonyl (C=O) groups is 1. The van der Waals surface area contributed by atoms with Gasteiger partial charge in [0.1, 0.15) is 11.5 Å². The number of aryl methyl sites for hydroxylation is 2. The molecule has 0 fully saturated rings. The van der Waals surface area contributed by atoms with Gasteiger partial charge < -0.3 is 4.74 Å². The summed E-state index contributed by atoms with van der Waals surface area (Å²) in [6.45, 7) is 3.70. The van der Waals surface area contributed by atoms with Crippen molar-refractivity contribution in [2.24, 2.45) is 5.10 Å². The van der Waals surface area contributed by atoms with E-state index >= 15 is 0 Å². The molecule has 0 saturated heterocycles. The lowest BCUT2D eigenvalue weighted by atomic mass is 10.2. The van der Waals surface area contributed by atoms with E-state index in [1.807, 2.05) is 74.5 Å². The number of ether oxygens (including phenoxy) is 1. The third-order valence-electron chi connectivity index (χ3n) is 4.26. The molecule has 0 amide bonds. The van der Waals surface area contributed by atoms with Gasteiger partial charge in [-0.1, -0.05) is 42.1 Å². The topological polar surface area (TPSA) is 110 Å².